The lowest BCUT2D eigenvalue weighted by Gasteiger charge is -2.20. The van der Waals surface area contributed by atoms with E-state index in [1.165, 1.54) is 12.1 Å². The molecule has 0 aliphatic carbocycles. The van der Waals surface area contributed by atoms with Crippen LogP contribution in [0.1, 0.15) is 18.9 Å². The lowest BCUT2D eigenvalue weighted by molar-refractivity contribution is -0.121. The minimum atomic E-state index is -0.339. The molecule has 110 valence electrons. The third-order valence-corrected chi connectivity index (χ3v) is 3.80. The van der Waals surface area contributed by atoms with Gasteiger partial charge in [0.15, 0.2) is 0 Å². The van der Waals surface area contributed by atoms with Gasteiger partial charge in [-0.3, -0.25) is 4.79 Å². The highest BCUT2D eigenvalue weighted by molar-refractivity contribution is 5.77. The van der Waals surface area contributed by atoms with Gasteiger partial charge in [0.05, 0.1) is 12.0 Å². The Kier molecular flexibility index (Phi) is 5.09. The molecule has 1 aromatic carbocycles. The van der Waals surface area contributed by atoms with Crippen LogP contribution in [-0.4, -0.2) is 31.2 Å². The van der Waals surface area contributed by atoms with E-state index in [1.807, 2.05) is 6.92 Å². The maximum Gasteiger partial charge on any atom is 0.222 e. The van der Waals surface area contributed by atoms with E-state index in [1.54, 1.807) is 12.1 Å². The lowest BCUT2D eigenvalue weighted by Crippen LogP contribution is -2.42. The number of halogens is 1. The Labute approximate surface area is 118 Å². The number of hydrogen-bond donors (Lipinski definition) is 2. The molecule has 0 aromatic heterocycles. The maximum absolute atomic E-state index is 12.9. The second-order valence-electron chi connectivity index (χ2n) is 5.31. The summed E-state index contributed by atoms with van der Waals surface area (Å²) in [7, 11) is 0. The van der Waals surface area contributed by atoms with Crippen molar-refractivity contribution >= 4 is 5.91 Å². The van der Waals surface area contributed by atoms with Gasteiger partial charge in [-0.1, -0.05) is 12.1 Å². The number of hydrogen-bond acceptors (Lipinski definition) is 3. The summed E-state index contributed by atoms with van der Waals surface area (Å²) in [5.41, 5.74) is 6.36. The third-order valence-electron chi connectivity index (χ3n) is 3.80. The van der Waals surface area contributed by atoms with E-state index in [-0.39, 0.29) is 29.8 Å². The van der Waals surface area contributed by atoms with Crippen LogP contribution in [0.2, 0.25) is 0 Å². The number of rotatable bonds is 6. The smallest absolute Gasteiger partial charge is 0.222 e. The van der Waals surface area contributed by atoms with Crippen LogP contribution in [0.15, 0.2) is 24.3 Å². The molecule has 1 aliphatic rings. The number of nitrogens with two attached hydrogens (primary N) is 1. The van der Waals surface area contributed by atoms with Crippen molar-refractivity contribution in [1.29, 1.82) is 0 Å². The van der Waals surface area contributed by atoms with E-state index in [0.717, 1.165) is 18.6 Å². The van der Waals surface area contributed by atoms with Crippen LogP contribution in [0.3, 0.4) is 0 Å². The Morgan fingerprint density at radius 1 is 1.50 bits per heavy atom. The summed E-state index contributed by atoms with van der Waals surface area (Å²) in [6, 6.07) is 6.44. The largest absolute Gasteiger partial charge is 0.377 e. The average molecular weight is 280 g/mol. The second-order valence-corrected chi connectivity index (χ2v) is 5.31. The highest BCUT2D eigenvalue weighted by atomic mass is 19.1. The lowest BCUT2D eigenvalue weighted by atomic mass is 9.98. The number of ether oxygens (including phenoxy) is 1. The fraction of sp³-hybridized carbons (Fsp3) is 0.533. The Morgan fingerprint density at radius 2 is 2.20 bits per heavy atom. The van der Waals surface area contributed by atoms with Crippen molar-refractivity contribution in [1.82, 2.24) is 5.32 Å². The predicted octanol–water partition coefficient (Wildman–Crippen LogP) is 1.24. The Morgan fingerprint density at radius 3 is 2.75 bits per heavy atom. The van der Waals surface area contributed by atoms with Gasteiger partial charge in [0, 0.05) is 19.2 Å². The molecule has 0 unspecified atom stereocenters. The molecule has 20 heavy (non-hydrogen) atoms. The van der Waals surface area contributed by atoms with Crippen LogP contribution >= 0.6 is 0 Å². The molecular weight excluding hydrogens is 259 g/mol. The molecule has 1 amide bonds. The van der Waals surface area contributed by atoms with Crippen LogP contribution in [0.4, 0.5) is 4.39 Å². The van der Waals surface area contributed by atoms with Gasteiger partial charge in [-0.05, 0) is 37.5 Å². The summed E-state index contributed by atoms with van der Waals surface area (Å²) in [5.74, 6) is -0.916. The average Bonchev–Trinajstić information content (AvgIpc) is 2.82. The van der Waals surface area contributed by atoms with Gasteiger partial charge in [-0.25, -0.2) is 4.39 Å². The molecule has 0 spiro atoms. The predicted molar refractivity (Wildman–Crippen MR) is 74.6 cm³/mol. The first-order valence-electron chi connectivity index (χ1n) is 6.95. The van der Waals surface area contributed by atoms with Gasteiger partial charge in [0.25, 0.3) is 0 Å². The number of carbonyl (C=O) groups is 1. The zero-order valence-electron chi connectivity index (χ0n) is 11.6. The van der Waals surface area contributed by atoms with Gasteiger partial charge in [-0.15, -0.1) is 0 Å². The molecule has 0 saturated carbocycles. The number of benzene rings is 1. The summed E-state index contributed by atoms with van der Waals surface area (Å²) in [6.45, 7) is 3.28. The Hall–Kier alpha value is -1.46. The quantitative estimate of drug-likeness (QED) is 0.824. The number of carbonyl (C=O) groups excluding carboxylic acids is 1. The third kappa shape index (κ3) is 4.02. The van der Waals surface area contributed by atoms with Crippen LogP contribution in [-0.2, 0) is 16.0 Å². The van der Waals surface area contributed by atoms with E-state index < -0.39 is 0 Å². The van der Waals surface area contributed by atoms with Crippen molar-refractivity contribution in [2.45, 2.75) is 31.9 Å². The summed E-state index contributed by atoms with van der Waals surface area (Å²) in [4.78, 5) is 11.5. The van der Waals surface area contributed by atoms with Crippen molar-refractivity contribution < 1.29 is 13.9 Å². The Balaban J connectivity index is 1.90. The van der Waals surface area contributed by atoms with Crippen LogP contribution in [0.5, 0.6) is 0 Å². The zero-order valence-corrected chi connectivity index (χ0v) is 11.6. The molecule has 4 nitrogen and oxygen atoms in total. The molecule has 1 aromatic rings. The molecule has 1 fully saturated rings. The standard InChI is InChI=1S/C15H21FN2O2/c1-10-14(6-7-20-10)18-9-12(15(17)19)8-11-2-4-13(16)5-3-11/h2-5,10,12,14,18H,6-9H2,1H3,(H2,17,19)/t10-,12+,14-/m0/s1. The van der Waals surface area contributed by atoms with Crippen molar-refractivity contribution in [3.05, 3.63) is 35.6 Å². The van der Waals surface area contributed by atoms with E-state index in [2.05, 4.69) is 5.32 Å². The molecule has 5 heteroatoms. The number of primary amides is 1. The molecule has 0 radical (unpaired) electrons. The first-order chi connectivity index (χ1) is 9.56. The number of nitrogens with one attached hydrogen (secondary N) is 1. The van der Waals surface area contributed by atoms with Crippen LogP contribution in [0.25, 0.3) is 0 Å². The van der Waals surface area contributed by atoms with E-state index >= 15 is 0 Å². The van der Waals surface area contributed by atoms with E-state index in [4.69, 9.17) is 10.5 Å². The molecular formula is C15H21FN2O2. The minimum Gasteiger partial charge on any atom is -0.377 e. The van der Waals surface area contributed by atoms with Crippen molar-refractivity contribution in [3.8, 4) is 0 Å². The van der Waals surface area contributed by atoms with Gasteiger partial charge in [0.2, 0.25) is 5.91 Å². The van der Waals surface area contributed by atoms with E-state index in [9.17, 15) is 9.18 Å². The maximum atomic E-state index is 12.9. The topological polar surface area (TPSA) is 64.3 Å². The molecule has 1 saturated heterocycles. The molecule has 2 rings (SSSR count). The first-order valence-corrected chi connectivity index (χ1v) is 6.95. The van der Waals surface area contributed by atoms with Crippen LogP contribution in [0, 0.1) is 11.7 Å². The van der Waals surface area contributed by atoms with Gasteiger partial charge in [-0.2, -0.15) is 0 Å². The summed E-state index contributed by atoms with van der Waals surface area (Å²) in [5, 5.41) is 3.34. The minimum absolute atomic E-state index is 0.161. The van der Waals surface area contributed by atoms with Gasteiger partial charge in [0.1, 0.15) is 5.82 Å². The fourth-order valence-corrected chi connectivity index (χ4v) is 2.47. The number of amides is 1. The SMILES string of the molecule is C[C@@H]1OCC[C@@H]1NC[C@@H](Cc1ccc(F)cc1)C(N)=O. The van der Waals surface area contributed by atoms with Crippen molar-refractivity contribution in [2.75, 3.05) is 13.2 Å². The van der Waals surface area contributed by atoms with Crippen molar-refractivity contribution in [2.24, 2.45) is 11.7 Å². The zero-order chi connectivity index (χ0) is 14.5. The van der Waals surface area contributed by atoms with Crippen LogP contribution < -0.4 is 11.1 Å². The van der Waals surface area contributed by atoms with E-state index in [0.29, 0.717) is 13.0 Å². The summed E-state index contributed by atoms with van der Waals surface area (Å²) in [6.07, 6.45) is 1.63. The van der Waals surface area contributed by atoms with Crippen molar-refractivity contribution in [3.63, 3.8) is 0 Å². The van der Waals surface area contributed by atoms with Gasteiger partial charge >= 0.3 is 0 Å². The molecule has 3 N–H and O–H groups in total. The molecule has 3 atom stereocenters. The fourth-order valence-electron chi connectivity index (χ4n) is 2.47. The monoisotopic (exact) mass is 280 g/mol. The highest BCUT2D eigenvalue weighted by Crippen LogP contribution is 2.14. The molecule has 1 aliphatic heterocycles. The Bertz CT molecular complexity index is 450. The second kappa shape index (κ2) is 6.81. The highest BCUT2D eigenvalue weighted by Gasteiger charge is 2.25. The summed E-state index contributed by atoms with van der Waals surface area (Å²) >= 11 is 0. The first kappa shape index (κ1) is 14.9. The van der Waals surface area contributed by atoms with Gasteiger partial charge < -0.3 is 15.8 Å². The molecule has 0 bridgehead atoms. The normalized spacial score (nSPS) is 23.7. The molecule has 1 heterocycles. The summed E-state index contributed by atoms with van der Waals surface area (Å²) < 4.78 is 18.3.